The molecule has 2 amide bonds. The molecule has 2 heterocycles. The summed E-state index contributed by atoms with van der Waals surface area (Å²) in [4.78, 5) is 25.3. The topological polar surface area (TPSA) is 70.7 Å². The Morgan fingerprint density at radius 1 is 1.24 bits per heavy atom. The smallest absolute Gasteiger partial charge is 0.410 e. The fraction of sp³-hybridized carbons (Fsp3) is 0.579. The molecular weight excluding hydrogens is 318 g/mol. The number of nitrogens with zero attached hydrogens (tertiary/aromatic N) is 1. The number of fused-ring (bicyclic) bond motifs is 1. The Balaban J connectivity index is 1.53. The zero-order valence-electron chi connectivity index (χ0n) is 15.2. The first kappa shape index (κ1) is 17.6. The molecule has 136 valence electrons. The van der Waals surface area contributed by atoms with Crippen LogP contribution in [0.25, 0.3) is 0 Å². The van der Waals surface area contributed by atoms with Gasteiger partial charge in [0.15, 0.2) is 0 Å². The van der Waals surface area contributed by atoms with Crippen molar-refractivity contribution in [1.29, 1.82) is 0 Å². The monoisotopic (exact) mass is 345 g/mol. The van der Waals surface area contributed by atoms with Crippen LogP contribution >= 0.6 is 0 Å². The summed E-state index contributed by atoms with van der Waals surface area (Å²) in [7, 11) is 0. The third-order valence-electron chi connectivity index (χ3n) is 4.52. The molecule has 0 bridgehead atoms. The molecule has 0 radical (unpaired) electrons. The van der Waals surface area contributed by atoms with Gasteiger partial charge < -0.3 is 20.3 Å². The Morgan fingerprint density at radius 3 is 2.64 bits per heavy atom. The number of nitrogens with one attached hydrogen (secondary N) is 2. The number of hydrogen-bond acceptors (Lipinski definition) is 4. The van der Waals surface area contributed by atoms with Crippen molar-refractivity contribution in [2.75, 3.05) is 23.7 Å². The van der Waals surface area contributed by atoms with Gasteiger partial charge in [0.05, 0.1) is 0 Å². The van der Waals surface area contributed by atoms with E-state index in [1.54, 1.807) is 4.90 Å². The van der Waals surface area contributed by atoms with Gasteiger partial charge in [0.2, 0.25) is 5.91 Å². The van der Waals surface area contributed by atoms with Gasteiger partial charge in [-0.25, -0.2) is 4.79 Å². The summed E-state index contributed by atoms with van der Waals surface area (Å²) in [5, 5.41) is 6.46. The number of carbonyl (C=O) groups is 2. The van der Waals surface area contributed by atoms with Crippen LogP contribution in [-0.2, 0) is 16.0 Å². The quantitative estimate of drug-likeness (QED) is 0.862. The second-order valence-corrected chi connectivity index (χ2v) is 7.81. The lowest BCUT2D eigenvalue weighted by Crippen LogP contribution is -2.44. The van der Waals surface area contributed by atoms with E-state index in [1.165, 1.54) is 5.56 Å². The number of hydrogen-bond donors (Lipinski definition) is 2. The van der Waals surface area contributed by atoms with E-state index in [0.29, 0.717) is 25.6 Å². The number of aryl methyl sites for hydroxylation is 1. The van der Waals surface area contributed by atoms with Crippen LogP contribution in [0.4, 0.5) is 16.2 Å². The molecule has 0 aliphatic carbocycles. The molecule has 1 aromatic rings. The van der Waals surface area contributed by atoms with Gasteiger partial charge in [0, 0.05) is 36.9 Å². The van der Waals surface area contributed by atoms with Crippen molar-refractivity contribution in [1.82, 2.24) is 4.90 Å². The van der Waals surface area contributed by atoms with Crippen molar-refractivity contribution >= 4 is 23.4 Å². The molecule has 0 unspecified atom stereocenters. The number of piperidine rings is 1. The summed E-state index contributed by atoms with van der Waals surface area (Å²) >= 11 is 0. The fourth-order valence-corrected chi connectivity index (χ4v) is 3.24. The Morgan fingerprint density at radius 2 is 1.96 bits per heavy atom. The first-order chi connectivity index (χ1) is 11.8. The maximum Gasteiger partial charge on any atom is 0.410 e. The standard InChI is InChI=1S/C19H27N3O3/c1-19(2,3)25-18(24)22-10-8-14(9-11-22)20-15-5-6-16-13(12-15)4-7-17(23)21-16/h5-6,12,14,20H,4,7-11H2,1-3H3,(H,21,23). The summed E-state index contributed by atoms with van der Waals surface area (Å²) in [6.45, 7) is 7.06. The van der Waals surface area contributed by atoms with Crippen LogP contribution in [0, 0.1) is 0 Å². The number of benzene rings is 1. The minimum absolute atomic E-state index is 0.0859. The molecule has 0 aromatic heterocycles. The highest BCUT2D eigenvalue weighted by molar-refractivity contribution is 5.94. The molecule has 2 aliphatic rings. The van der Waals surface area contributed by atoms with E-state index in [2.05, 4.69) is 16.7 Å². The van der Waals surface area contributed by atoms with E-state index in [-0.39, 0.29) is 12.0 Å². The summed E-state index contributed by atoms with van der Waals surface area (Å²) < 4.78 is 5.43. The van der Waals surface area contributed by atoms with Crippen LogP contribution in [0.5, 0.6) is 0 Å². The lowest BCUT2D eigenvalue weighted by atomic mass is 10.0. The minimum atomic E-state index is -0.454. The number of amides is 2. The number of ether oxygens (including phenoxy) is 1. The molecule has 2 N–H and O–H groups in total. The molecule has 3 rings (SSSR count). The number of carbonyl (C=O) groups excluding carboxylic acids is 2. The maximum absolute atomic E-state index is 12.1. The van der Waals surface area contributed by atoms with Crippen LogP contribution in [0.2, 0.25) is 0 Å². The van der Waals surface area contributed by atoms with Gasteiger partial charge in [-0.3, -0.25) is 4.79 Å². The van der Waals surface area contributed by atoms with Gasteiger partial charge in [-0.15, -0.1) is 0 Å². The summed E-state index contributed by atoms with van der Waals surface area (Å²) in [5.74, 6) is 0.0859. The van der Waals surface area contributed by atoms with Crippen molar-refractivity contribution in [3.05, 3.63) is 23.8 Å². The average molecular weight is 345 g/mol. The molecule has 25 heavy (non-hydrogen) atoms. The fourth-order valence-electron chi connectivity index (χ4n) is 3.24. The van der Waals surface area contributed by atoms with E-state index in [1.807, 2.05) is 32.9 Å². The molecule has 1 aromatic carbocycles. The zero-order valence-corrected chi connectivity index (χ0v) is 15.2. The van der Waals surface area contributed by atoms with Gasteiger partial charge in [-0.05, 0) is 63.8 Å². The number of likely N-dealkylation sites (tertiary alicyclic amines) is 1. The van der Waals surface area contributed by atoms with E-state index in [0.717, 1.165) is 30.6 Å². The largest absolute Gasteiger partial charge is 0.444 e. The van der Waals surface area contributed by atoms with Crippen molar-refractivity contribution in [2.24, 2.45) is 0 Å². The molecule has 0 atom stereocenters. The molecule has 6 heteroatoms. The summed E-state index contributed by atoms with van der Waals surface area (Å²) in [6.07, 6.45) is 2.90. The summed E-state index contributed by atoms with van der Waals surface area (Å²) in [6, 6.07) is 6.43. The highest BCUT2D eigenvalue weighted by Gasteiger charge is 2.27. The Bertz CT molecular complexity index is 658. The van der Waals surface area contributed by atoms with Gasteiger partial charge in [0.1, 0.15) is 5.60 Å². The van der Waals surface area contributed by atoms with Gasteiger partial charge in [0.25, 0.3) is 0 Å². The predicted molar refractivity (Wildman–Crippen MR) is 97.8 cm³/mol. The number of rotatable bonds is 2. The van der Waals surface area contributed by atoms with Crippen molar-refractivity contribution in [2.45, 2.75) is 58.1 Å². The van der Waals surface area contributed by atoms with E-state index in [4.69, 9.17) is 4.74 Å². The minimum Gasteiger partial charge on any atom is -0.444 e. The van der Waals surface area contributed by atoms with Crippen LogP contribution in [0.3, 0.4) is 0 Å². The highest BCUT2D eigenvalue weighted by Crippen LogP contribution is 2.27. The highest BCUT2D eigenvalue weighted by atomic mass is 16.6. The lowest BCUT2D eigenvalue weighted by molar-refractivity contribution is -0.116. The van der Waals surface area contributed by atoms with E-state index >= 15 is 0 Å². The Hall–Kier alpha value is -2.24. The maximum atomic E-state index is 12.1. The van der Waals surface area contributed by atoms with Crippen LogP contribution in [-0.4, -0.2) is 41.6 Å². The predicted octanol–water partition coefficient (Wildman–Crippen LogP) is 3.38. The van der Waals surface area contributed by atoms with E-state index in [9.17, 15) is 9.59 Å². The summed E-state index contributed by atoms with van der Waals surface area (Å²) in [5.41, 5.74) is 2.72. The van der Waals surface area contributed by atoms with Gasteiger partial charge >= 0.3 is 6.09 Å². The van der Waals surface area contributed by atoms with Gasteiger partial charge in [-0.1, -0.05) is 0 Å². The van der Waals surface area contributed by atoms with Crippen LogP contribution in [0.15, 0.2) is 18.2 Å². The van der Waals surface area contributed by atoms with Crippen molar-refractivity contribution in [3.8, 4) is 0 Å². The Kier molecular flexibility index (Phi) is 4.88. The number of anilines is 2. The Labute approximate surface area is 148 Å². The molecule has 0 spiro atoms. The van der Waals surface area contributed by atoms with Crippen LogP contribution in [0.1, 0.15) is 45.6 Å². The molecule has 1 saturated heterocycles. The first-order valence-electron chi connectivity index (χ1n) is 8.97. The molecule has 1 fully saturated rings. The molecule has 6 nitrogen and oxygen atoms in total. The van der Waals surface area contributed by atoms with Crippen molar-refractivity contribution < 1.29 is 14.3 Å². The second-order valence-electron chi connectivity index (χ2n) is 7.81. The lowest BCUT2D eigenvalue weighted by Gasteiger charge is -2.34. The van der Waals surface area contributed by atoms with E-state index < -0.39 is 5.60 Å². The molecule has 2 aliphatic heterocycles. The second kappa shape index (κ2) is 6.94. The first-order valence-corrected chi connectivity index (χ1v) is 8.97. The molecular formula is C19H27N3O3. The zero-order chi connectivity index (χ0) is 18.0. The normalized spacial score (nSPS) is 18.4. The SMILES string of the molecule is CC(C)(C)OC(=O)N1CCC(Nc2ccc3c(c2)CCC(=O)N3)CC1. The third kappa shape index (κ3) is 4.65. The molecule has 0 saturated carbocycles. The van der Waals surface area contributed by atoms with Crippen LogP contribution < -0.4 is 10.6 Å². The van der Waals surface area contributed by atoms with Crippen molar-refractivity contribution in [3.63, 3.8) is 0 Å². The average Bonchev–Trinajstić information content (AvgIpc) is 2.54. The van der Waals surface area contributed by atoms with Gasteiger partial charge in [-0.2, -0.15) is 0 Å². The third-order valence-corrected chi connectivity index (χ3v) is 4.52.